The van der Waals surface area contributed by atoms with Crippen LogP contribution in [0.5, 0.6) is 0 Å². The highest BCUT2D eigenvalue weighted by molar-refractivity contribution is 6.30. The maximum absolute atomic E-state index is 14.0. The lowest BCUT2D eigenvalue weighted by Gasteiger charge is -2.39. The van der Waals surface area contributed by atoms with E-state index in [1.807, 2.05) is 12.1 Å². The van der Waals surface area contributed by atoms with Crippen LogP contribution in [0.1, 0.15) is 44.6 Å². The smallest absolute Gasteiger partial charge is 0.144 e. The molecule has 1 aliphatic rings. The van der Waals surface area contributed by atoms with Gasteiger partial charge >= 0.3 is 0 Å². The topological polar surface area (TPSA) is 26.0 Å². The van der Waals surface area contributed by atoms with Gasteiger partial charge in [0.1, 0.15) is 5.82 Å². The molecule has 106 valence electrons. The van der Waals surface area contributed by atoms with Crippen molar-refractivity contribution in [3.63, 3.8) is 0 Å². The molecule has 19 heavy (non-hydrogen) atoms. The van der Waals surface area contributed by atoms with E-state index in [1.165, 1.54) is 19.3 Å². The van der Waals surface area contributed by atoms with Crippen molar-refractivity contribution in [1.29, 1.82) is 0 Å². The van der Waals surface area contributed by atoms with Crippen molar-refractivity contribution in [2.75, 3.05) is 6.54 Å². The first-order chi connectivity index (χ1) is 9.10. The molecule has 0 bridgehead atoms. The van der Waals surface area contributed by atoms with E-state index in [-0.39, 0.29) is 16.3 Å². The summed E-state index contributed by atoms with van der Waals surface area (Å²) >= 11 is 5.86. The van der Waals surface area contributed by atoms with Crippen molar-refractivity contribution >= 4 is 11.6 Å². The quantitative estimate of drug-likeness (QED) is 0.861. The van der Waals surface area contributed by atoms with E-state index in [9.17, 15) is 4.39 Å². The maximum Gasteiger partial charge on any atom is 0.144 e. The zero-order chi connectivity index (χ0) is 13.9. The number of halogens is 2. The second-order valence-corrected chi connectivity index (χ2v) is 6.35. The summed E-state index contributed by atoms with van der Waals surface area (Å²) in [5.41, 5.74) is 6.79. The number of hydrogen-bond acceptors (Lipinski definition) is 1. The molecule has 3 heteroatoms. The van der Waals surface area contributed by atoms with Gasteiger partial charge in [-0.3, -0.25) is 0 Å². The molecule has 1 aromatic rings. The average Bonchev–Trinajstić information content (AvgIpc) is 2.45. The molecule has 1 nitrogen and oxygen atoms in total. The standard InChI is InChI=1S/C16H23ClFN/c1-2-12-6-8-16(11-19,9-7-12)10-13-4-3-5-14(17)15(13)18/h3-5,12H,2,6-11,19H2,1H3. The summed E-state index contributed by atoms with van der Waals surface area (Å²) in [6.07, 6.45) is 6.60. The van der Waals surface area contributed by atoms with Crippen molar-refractivity contribution in [2.45, 2.75) is 45.4 Å². The molecule has 0 radical (unpaired) electrons. The lowest BCUT2D eigenvalue weighted by molar-refractivity contribution is 0.152. The minimum absolute atomic E-state index is 0.0667. The number of hydrogen-bond donors (Lipinski definition) is 1. The zero-order valence-electron chi connectivity index (χ0n) is 11.6. The van der Waals surface area contributed by atoms with Gasteiger partial charge in [-0.1, -0.05) is 37.1 Å². The highest BCUT2D eigenvalue weighted by Gasteiger charge is 2.34. The molecule has 1 fully saturated rings. The molecule has 1 aliphatic carbocycles. The summed E-state index contributed by atoms with van der Waals surface area (Å²) in [6.45, 7) is 2.88. The second-order valence-electron chi connectivity index (χ2n) is 5.95. The molecule has 0 spiro atoms. The Labute approximate surface area is 120 Å². The van der Waals surface area contributed by atoms with Crippen LogP contribution in [0.3, 0.4) is 0 Å². The molecular weight excluding hydrogens is 261 g/mol. The Bertz CT molecular complexity index is 425. The van der Waals surface area contributed by atoms with E-state index >= 15 is 0 Å². The number of benzene rings is 1. The van der Waals surface area contributed by atoms with Gasteiger partial charge in [-0.25, -0.2) is 4.39 Å². The summed E-state index contributed by atoms with van der Waals surface area (Å²) < 4.78 is 14.0. The highest BCUT2D eigenvalue weighted by atomic mass is 35.5. The molecular formula is C16H23ClFN. The van der Waals surface area contributed by atoms with Crippen molar-refractivity contribution in [1.82, 2.24) is 0 Å². The van der Waals surface area contributed by atoms with Gasteiger partial charge in [0, 0.05) is 0 Å². The Balaban J connectivity index is 2.13. The molecule has 0 unspecified atom stereocenters. The molecule has 0 heterocycles. The van der Waals surface area contributed by atoms with Crippen LogP contribution < -0.4 is 5.73 Å². The molecule has 2 rings (SSSR count). The van der Waals surface area contributed by atoms with E-state index in [0.29, 0.717) is 18.5 Å². The van der Waals surface area contributed by atoms with E-state index in [2.05, 4.69) is 6.92 Å². The molecule has 0 amide bonds. The summed E-state index contributed by atoms with van der Waals surface area (Å²) in [7, 11) is 0. The lowest BCUT2D eigenvalue weighted by Crippen LogP contribution is -2.37. The number of nitrogens with two attached hydrogens (primary N) is 1. The van der Waals surface area contributed by atoms with Crippen LogP contribution in [0.2, 0.25) is 5.02 Å². The molecule has 0 aliphatic heterocycles. The summed E-state index contributed by atoms with van der Waals surface area (Å²) in [5, 5.41) is 0.215. The minimum atomic E-state index is -0.269. The van der Waals surface area contributed by atoms with Crippen LogP contribution in [0, 0.1) is 17.2 Å². The minimum Gasteiger partial charge on any atom is -0.330 e. The third-order valence-electron chi connectivity index (χ3n) is 4.77. The third-order valence-corrected chi connectivity index (χ3v) is 5.07. The van der Waals surface area contributed by atoms with Crippen molar-refractivity contribution < 1.29 is 4.39 Å². The van der Waals surface area contributed by atoms with E-state index in [0.717, 1.165) is 18.8 Å². The Morgan fingerprint density at radius 1 is 1.37 bits per heavy atom. The maximum atomic E-state index is 14.0. The van der Waals surface area contributed by atoms with Crippen molar-refractivity contribution in [3.8, 4) is 0 Å². The molecule has 0 atom stereocenters. The fraction of sp³-hybridized carbons (Fsp3) is 0.625. The van der Waals surface area contributed by atoms with Crippen LogP contribution in [-0.2, 0) is 6.42 Å². The lowest BCUT2D eigenvalue weighted by atomic mass is 9.67. The Hall–Kier alpha value is -0.600. The number of rotatable bonds is 4. The Kier molecular flexibility index (Phi) is 4.86. The van der Waals surface area contributed by atoms with Gasteiger partial charge in [0.2, 0.25) is 0 Å². The van der Waals surface area contributed by atoms with Gasteiger partial charge in [0.25, 0.3) is 0 Å². The van der Waals surface area contributed by atoms with Gasteiger partial charge < -0.3 is 5.73 Å². The van der Waals surface area contributed by atoms with E-state index < -0.39 is 0 Å². The van der Waals surface area contributed by atoms with Crippen LogP contribution >= 0.6 is 11.6 Å². The highest BCUT2D eigenvalue weighted by Crippen LogP contribution is 2.42. The SMILES string of the molecule is CCC1CCC(CN)(Cc2cccc(Cl)c2F)CC1. The molecule has 1 saturated carbocycles. The van der Waals surface area contributed by atoms with Crippen LogP contribution in [0.4, 0.5) is 4.39 Å². The van der Waals surface area contributed by atoms with Gasteiger partial charge in [0.05, 0.1) is 5.02 Å². The van der Waals surface area contributed by atoms with Gasteiger partial charge in [0.15, 0.2) is 0 Å². The molecule has 0 aromatic heterocycles. The van der Waals surface area contributed by atoms with Crippen molar-refractivity contribution in [2.24, 2.45) is 17.1 Å². The monoisotopic (exact) mass is 283 g/mol. The first-order valence-electron chi connectivity index (χ1n) is 7.23. The first kappa shape index (κ1) is 14.8. The summed E-state index contributed by atoms with van der Waals surface area (Å²) in [6, 6.07) is 5.26. The fourth-order valence-electron chi connectivity index (χ4n) is 3.24. The second kappa shape index (κ2) is 6.23. The van der Waals surface area contributed by atoms with Gasteiger partial charge in [-0.05, 0) is 61.6 Å². The van der Waals surface area contributed by atoms with E-state index in [4.69, 9.17) is 17.3 Å². The van der Waals surface area contributed by atoms with Crippen LogP contribution in [0.15, 0.2) is 18.2 Å². The van der Waals surface area contributed by atoms with Gasteiger partial charge in [-0.2, -0.15) is 0 Å². The third kappa shape index (κ3) is 3.29. The molecule has 0 saturated heterocycles. The summed E-state index contributed by atoms with van der Waals surface area (Å²) in [5.74, 6) is 0.554. The van der Waals surface area contributed by atoms with Crippen LogP contribution in [-0.4, -0.2) is 6.54 Å². The summed E-state index contributed by atoms with van der Waals surface area (Å²) in [4.78, 5) is 0. The zero-order valence-corrected chi connectivity index (χ0v) is 12.3. The average molecular weight is 284 g/mol. The van der Waals surface area contributed by atoms with E-state index in [1.54, 1.807) is 6.07 Å². The Morgan fingerprint density at radius 3 is 2.63 bits per heavy atom. The van der Waals surface area contributed by atoms with Crippen molar-refractivity contribution in [3.05, 3.63) is 34.6 Å². The molecule has 1 aromatic carbocycles. The van der Waals surface area contributed by atoms with Gasteiger partial charge in [-0.15, -0.1) is 0 Å². The molecule has 2 N–H and O–H groups in total. The fourth-order valence-corrected chi connectivity index (χ4v) is 3.43. The van der Waals surface area contributed by atoms with Crippen LogP contribution in [0.25, 0.3) is 0 Å². The Morgan fingerprint density at radius 2 is 2.05 bits per heavy atom. The largest absolute Gasteiger partial charge is 0.330 e. The normalized spacial score (nSPS) is 27.5. The predicted molar refractivity (Wildman–Crippen MR) is 78.9 cm³/mol. The first-order valence-corrected chi connectivity index (χ1v) is 7.61. The predicted octanol–water partition coefficient (Wildman–Crippen LogP) is 4.57.